The van der Waals surface area contributed by atoms with Gasteiger partial charge < -0.3 is 10.2 Å². The predicted octanol–water partition coefficient (Wildman–Crippen LogP) is 11.4. The minimum atomic E-state index is -0.247. The smallest absolute Gasteiger partial charge is 0.115 e. The van der Waals surface area contributed by atoms with Gasteiger partial charge in [-0.25, -0.2) is 0 Å². The van der Waals surface area contributed by atoms with Crippen LogP contribution < -0.4 is 0 Å². The van der Waals surface area contributed by atoms with Gasteiger partial charge in [-0.15, -0.1) is 0 Å². The Balaban J connectivity index is 0.000000186. The molecule has 2 heteroatoms. The van der Waals surface area contributed by atoms with Crippen molar-refractivity contribution in [3.8, 4) is 11.5 Å². The van der Waals surface area contributed by atoms with Gasteiger partial charge in [-0.2, -0.15) is 0 Å². The van der Waals surface area contributed by atoms with Crippen molar-refractivity contribution in [2.24, 2.45) is 0 Å². The van der Waals surface area contributed by atoms with Crippen LogP contribution in [0, 0.1) is 13.8 Å². The van der Waals surface area contributed by atoms with Crippen LogP contribution in [0.25, 0.3) is 0 Å². The van der Waals surface area contributed by atoms with E-state index in [1.807, 2.05) is 18.2 Å². The van der Waals surface area contributed by atoms with Gasteiger partial charge >= 0.3 is 0 Å². The van der Waals surface area contributed by atoms with Gasteiger partial charge in [-0.3, -0.25) is 0 Å². The zero-order valence-corrected chi connectivity index (χ0v) is 28.0. The Morgan fingerprint density at radius 2 is 0.854 bits per heavy atom. The average Bonchev–Trinajstić information content (AvgIpc) is 3.34. The Morgan fingerprint density at radius 1 is 0.479 bits per heavy atom. The van der Waals surface area contributed by atoms with Crippen molar-refractivity contribution in [2.45, 2.75) is 64.7 Å². The van der Waals surface area contributed by atoms with E-state index in [0.717, 1.165) is 6.42 Å². The molecule has 0 radical (unpaired) electrons. The molecule has 0 spiro atoms. The number of benzene rings is 6. The summed E-state index contributed by atoms with van der Waals surface area (Å²) in [5.41, 5.74) is 11.2. The van der Waals surface area contributed by atoms with Gasteiger partial charge in [0, 0.05) is 10.8 Å². The van der Waals surface area contributed by atoms with Crippen molar-refractivity contribution in [3.05, 3.63) is 202 Å². The molecule has 0 fully saturated rings. The van der Waals surface area contributed by atoms with Gasteiger partial charge in [-0.05, 0) is 95.8 Å². The van der Waals surface area contributed by atoms with Crippen molar-refractivity contribution in [1.29, 1.82) is 0 Å². The number of hydrogen-bond donors (Lipinski definition) is 2. The molecule has 244 valence electrons. The molecule has 6 aromatic rings. The molecular formula is C46H48O2. The standard InChI is InChI=1S/C24H24O.C21H20O.CH4/c1-17-8-10-18(11-9-17)24(19-12-14-20(25)15-13-19)16-23(2,3)21-6-4-5-7-22(21)24;1-16-8-10-18(11-9-16)21(2,17-6-4-3-5-7-17)19-12-14-20(22)15-13-19;/h4-15,25H,16H2,1-3H3;3-15,22H,1-2H3;1H4. The zero-order chi connectivity index (χ0) is 33.2. The molecule has 6 aromatic carbocycles. The quantitative estimate of drug-likeness (QED) is 0.186. The summed E-state index contributed by atoms with van der Waals surface area (Å²) < 4.78 is 0. The minimum absolute atomic E-state index is 0. The van der Waals surface area contributed by atoms with E-state index in [1.165, 1.54) is 50.1 Å². The zero-order valence-electron chi connectivity index (χ0n) is 28.0. The predicted molar refractivity (Wildman–Crippen MR) is 201 cm³/mol. The van der Waals surface area contributed by atoms with Crippen LogP contribution in [0.1, 0.15) is 84.7 Å². The highest BCUT2D eigenvalue weighted by Crippen LogP contribution is 2.56. The first-order valence-electron chi connectivity index (χ1n) is 16.4. The number of rotatable bonds is 5. The molecule has 0 aromatic heterocycles. The highest BCUT2D eigenvalue weighted by molar-refractivity contribution is 5.60. The lowest BCUT2D eigenvalue weighted by Crippen LogP contribution is -2.28. The number of phenols is 2. The number of hydrogen-bond acceptors (Lipinski definition) is 2. The minimum Gasteiger partial charge on any atom is -0.508 e. The summed E-state index contributed by atoms with van der Waals surface area (Å²) in [6.45, 7) is 11.1. The molecule has 0 aliphatic heterocycles. The first-order chi connectivity index (χ1) is 22.5. The topological polar surface area (TPSA) is 40.5 Å². The summed E-state index contributed by atoms with van der Waals surface area (Å²) in [7, 11) is 0. The first-order valence-corrected chi connectivity index (χ1v) is 16.4. The third kappa shape index (κ3) is 6.28. The molecule has 1 aliphatic rings. The molecular weight excluding hydrogens is 585 g/mol. The molecule has 2 N–H and O–H groups in total. The highest BCUT2D eigenvalue weighted by atomic mass is 16.3. The number of phenolic OH excluding ortho intramolecular Hbond substituents is 2. The van der Waals surface area contributed by atoms with Gasteiger partial charge in [0.25, 0.3) is 0 Å². The lowest BCUT2D eigenvalue weighted by atomic mass is 9.68. The summed E-state index contributed by atoms with van der Waals surface area (Å²) in [6, 6.07) is 52.2. The van der Waals surface area contributed by atoms with Gasteiger partial charge in [0.05, 0.1) is 0 Å². The molecule has 1 aliphatic carbocycles. The second-order valence-corrected chi connectivity index (χ2v) is 13.8. The molecule has 7 rings (SSSR count). The molecule has 0 amide bonds. The van der Waals surface area contributed by atoms with E-state index >= 15 is 0 Å². The maximum Gasteiger partial charge on any atom is 0.115 e. The maximum absolute atomic E-state index is 9.79. The van der Waals surface area contributed by atoms with Crippen LogP contribution in [0.3, 0.4) is 0 Å². The summed E-state index contributed by atoms with van der Waals surface area (Å²) in [5, 5.41) is 19.4. The van der Waals surface area contributed by atoms with E-state index < -0.39 is 0 Å². The summed E-state index contributed by atoms with van der Waals surface area (Å²) >= 11 is 0. The van der Waals surface area contributed by atoms with Crippen molar-refractivity contribution in [3.63, 3.8) is 0 Å². The van der Waals surface area contributed by atoms with Gasteiger partial charge in [0.15, 0.2) is 0 Å². The van der Waals surface area contributed by atoms with E-state index in [4.69, 9.17) is 0 Å². The van der Waals surface area contributed by atoms with E-state index in [0.29, 0.717) is 11.5 Å². The van der Waals surface area contributed by atoms with Crippen molar-refractivity contribution < 1.29 is 10.2 Å². The molecule has 0 saturated heterocycles. The molecule has 0 heterocycles. The largest absolute Gasteiger partial charge is 0.508 e. The van der Waals surface area contributed by atoms with Crippen LogP contribution in [0.2, 0.25) is 0 Å². The van der Waals surface area contributed by atoms with Crippen LogP contribution in [0.5, 0.6) is 11.5 Å². The lowest BCUT2D eigenvalue weighted by molar-refractivity contribution is 0.442. The molecule has 2 nitrogen and oxygen atoms in total. The van der Waals surface area contributed by atoms with Crippen molar-refractivity contribution >= 4 is 0 Å². The Kier molecular flexibility index (Phi) is 9.69. The molecule has 2 atom stereocenters. The number of fused-ring (bicyclic) bond motifs is 1. The molecule has 0 bridgehead atoms. The van der Waals surface area contributed by atoms with E-state index in [2.05, 4.69) is 144 Å². The Bertz CT molecular complexity index is 1840. The summed E-state index contributed by atoms with van der Waals surface area (Å²) in [4.78, 5) is 0. The Labute approximate surface area is 287 Å². The first kappa shape index (κ1) is 34.3. The fourth-order valence-electron chi connectivity index (χ4n) is 7.52. The second kappa shape index (κ2) is 13.6. The van der Waals surface area contributed by atoms with Crippen LogP contribution in [0.15, 0.2) is 152 Å². The fraction of sp³-hybridized carbons (Fsp3) is 0.217. The normalized spacial score (nSPS) is 17.2. The van der Waals surface area contributed by atoms with E-state index in [-0.39, 0.29) is 23.7 Å². The molecule has 48 heavy (non-hydrogen) atoms. The number of aromatic hydroxyl groups is 2. The van der Waals surface area contributed by atoms with Crippen LogP contribution in [-0.2, 0) is 16.2 Å². The third-order valence-electron chi connectivity index (χ3n) is 10.2. The van der Waals surface area contributed by atoms with Gasteiger partial charge in [-0.1, -0.05) is 160 Å². The number of aryl methyl sites for hydroxylation is 2. The monoisotopic (exact) mass is 632 g/mol. The van der Waals surface area contributed by atoms with E-state index in [1.54, 1.807) is 24.3 Å². The van der Waals surface area contributed by atoms with Gasteiger partial charge in [0.1, 0.15) is 11.5 Å². The van der Waals surface area contributed by atoms with E-state index in [9.17, 15) is 10.2 Å². The average molecular weight is 633 g/mol. The van der Waals surface area contributed by atoms with Crippen LogP contribution in [0.4, 0.5) is 0 Å². The summed E-state index contributed by atoms with van der Waals surface area (Å²) in [6.07, 6.45) is 1.02. The molecule has 0 saturated carbocycles. The second-order valence-electron chi connectivity index (χ2n) is 13.8. The fourth-order valence-corrected chi connectivity index (χ4v) is 7.52. The van der Waals surface area contributed by atoms with Crippen molar-refractivity contribution in [2.75, 3.05) is 0 Å². The Hall–Kier alpha value is -5.08. The molecule has 2 unspecified atom stereocenters. The Morgan fingerprint density at radius 3 is 1.38 bits per heavy atom. The van der Waals surface area contributed by atoms with Crippen LogP contribution in [-0.4, -0.2) is 10.2 Å². The van der Waals surface area contributed by atoms with Crippen LogP contribution >= 0.6 is 0 Å². The van der Waals surface area contributed by atoms with Gasteiger partial charge in [0.2, 0.25) is 0 Å². The lowest BCUT2D eigenvalue weighted by Gasteiger charge is -2.34. The maximum atomic E-state index is 9.79. The van der Waals surface area contributed by atoms with Crippen molar-refractivity contribution in [1.82, 2.24) is 0 Å². The summed E-state index contributed by atoms with van der Waals surface area (Å²) in [5.74, 6) is 0.608. The third-order valence-corrected chi connectivity index (χ3v) is 10.2. The SMILES string of the molecule is C.Cc1ccc(C(C)(c2ccccc2)c2ccc(O)cc2)cc1.Cc1ccc(C2(c3ccc(O)cc3)CC(C)(C)c3ccccc32)cc1. The highest BCUT2D eigenvalue weighted by Gasteiger charge is 2.49.